The molecule has 142 valence electrons. The van der Waals surface area contributed by atoms with Crippen LogP contribution < -0.4 is 0 Å². The van der Waals surface area contributed by atoms with Gasteiger partial charge in [0.1, 0.15) is 0 Å². The third kappa shape index (κ3) is 4.17. The number of ketones is 1. The molecule has 28 heavy (non-hydrogen) atoms. The van der Waals surface area contributed by atoms with Crippen LogP contribution in [-0.4, -0.2) is 33.3 Å². The Labute approximate surface area is 165 Å². The highest BCUT2D eigenvalue weighted by atomic mass is 32.2. The van der Waals surface area contributed by atoms with E-state index in [-0.39, 0.29) is 16.2 Å². The summed E-state index contributed by atoms with van der Waals surface area (Å²) in [6.45, 7) is 1.64. The van der Waals surface area contributed by atoms with E-state index in [1.165, 1.54) is 29.8 Å². The number of imide groups is 1. The molecule has 0 aliphatic carbocycles. The number of hydrogen-bond donors (Lipinski definition) is 0. The number of benzene rings is 2. The van der Waals surface area contributed by atoms with E-state index >= 15 is 0 Å². The number of Topliss-reactive ketones (excluding diaryl/α,β-unsaturated/α-hetero) is 1. The molecule has 1 fully saturated rings. The lowest BCUT2D eigenvalue weighted by molar-refractivity contribution is -0.384. The molecule has 0 bridgehead atoms. The summed E-state index contributed by atoms with van der Waals surface area (Å²) < 4.78 is 0. The third-order valence-corrected chi connectivity index (χ3v) is 5.17. The number of carbonyl (C=O) groups is 3. The SMILES string of the molecule is CCc1ccc(/C=C2\SC(=O)N(CC(=O)c3ccc([N+](=O)[O-])cc3)C2=O)cc1. The maximum absolute atomic E-state index is 12.5. The van der Waals surface area contributed by atoms with E-state index < -0.39 is 28.4 Å². The molecule has 2 aromatic carbocycles. The van der Waals surface area contributed by atoms with Crippen LogP contribution in [0.25, 0.3) is 6.08 Å². The number of aryl methyl sites for hydroxylation is 1. The van der Waals surface area contributed by atoms with Gasteiger partial charge >= 0.3 is 0 Å². The minimum Gasteiger partial charge on any atom is -0.292 e. The zero-order valence-corrected chi connectivity index (χ0v) is 15.8. The number of non-ortho nitro benzene ring substituents is 1. The number of amides is 2. The van der Waals surface area contributed by atoms with Crippen LogP contribution >= 0.6 is 11.8 Å². The summed E-state index contributed by atoms with van der Waals surface area (Å²) in [7, 11) is 0. The van der Waals surface area contributed by atoms with Gasteiger partial charge in [0.05, 0.1) is 16.4 Å². The quantitative estimate of drug-likeness (QED) is 0.316. The van der Waals surface area contributed by atoms with Crippen molar-refractivity contribution in [1.29, 1.82) is 0 Å². The zero-order chi connectivity index (χ0) is 20.3. The molecule has 0 aromatic heterocycles. The molecule has 0 spiro atoms. The second-order valence-electron chi connectivity index (χ2n) is 6.09. The summed E-state index contributed by atoms with van der Waals surface area (Å²) in [4.78, 5) is 48.3. The van der Waals surface area contributed by atoms with Gasteiger partial charge in [-0.05, 0) is 47.5 Å². The average Bonchev–Trinajstić information content (AvgIpc) is 2.96. The summed E-state index contributed by atoms with van der Waals surface area (Å²) in [6.07, 6.45) is 2.53. The van der Waals surface area contributed by atoms with Gasteiger partial charge in [0.25, 0.3) is 16.8 Å². The van der Waals surface area contributed by atoms with Gasteiger partial charge in [-0.25, -0.2) is 0 Å². The number of hydrogen-bond acceptors (Lipinski definition) is 6. The minimum absolute atomic E-state index is 0.139. The number of rotatable bonds is 6. The fraction of sp³-hybridized carbons (Fsp3) is 0.150. The van der Waals surface area contributed by atoms with E-state index in [0.29, 0.717) is 0 Å². The maximum atomic E-state index is 12.5. The Morgan fingerprint density at radius 2 is 1.75 bits per heavy atom. The van der Waals surface area contributed by atoms with Gasteiger partial charge in [-0.15, -0.1) is 0 Å². The second kappa shape index (κ2) is 8.18. The monoisotopic (exact) mass is 396 g/mol. The zero-order valence-electron chi connectivity index (χ0n) is 15.0. The van der Waals surface area contributed by atoms with Crippen molar-refractivity contribution in [3.05, 3.63) is 80.2 Å². The molecular formula is C20H16N2O5S. The lowest BCUT2D eigenvalue weighted by atomic mass is 10.1. The standard InChI is InChI=1S/C20H16N2O5S/c1-2-13-3-5-14(6-4-13)11-18-19(24)21(20(25)28-18)12-17(23)15-7-9-16(10-8-15)22(26)27/h3-11H,2,12H2,1H3/b18-11-. The van der Waals surface area contributed by atoms with Gasteiger partial charge in [0, 0.05) is 17.7 Å². The second-order valence-corrected chi connectivity index (χ2v) is 7.08. The summed E-state index contributed by atoms with van der Waals surface area (Å²) >= 11 is 0.787. The van der Waals surface area contributed by atoms with Crippen molar-refractivity contribution < 1.29 is 19.3 Å². The van der Waals surface area contributed by atoms with Crippen LogP contribution in [-0.2, 0) is 11.2 Å². The predicted molar refractivity (Wildman–Crippen MR) is 106 cm³/mol. The van der Waals surface area contributed by atoms with Crippen molar-refractivity contribution >= 4 is 40.5 Å². The van der Waals surface area contributed by atoms with E-state index in [1.807, 2.05) is 31.2 Å². The van der Waals surface area contributed by atoms with Crippen molar-refractivity contribution in [2.45, 2.75) is 13.3 Å². The molecule has 3 rings (SSSR count). The molecule has 1 aliphatic rings. The Bertz CT molecular complexity index is 981. The number of carbonyl (C=O) groups excluding carboxylic acids is 3. The number of thioether (sulfide) groups is 1. The molecule has 1 aliphatic heterocycles. The number of nitro benzene ring substituents is 1. The highest BCUT2D eigenvalue weighted by molar-refractivity contribution is 8.18. The Morgan fingerprint density at radius 1 is 1.11 bits per heavy atom. The first-order chi connectivity index (χ1) is 13.4. The Balaban J connectivity index is 1.73. The predicted octanol–water partition coefficient (Wildman–Crippen LogP) is 4.08. The van der Waals surface area contributed by atoms with Crippen LogP contribution in [0.5, 0.6) is 0 Å². The Kier molecular flexibility index (Phi) is 5.70. The first-order valence-electron chi connectivity index (χ1n) is 8.51. The third-order valence-electron chi connectivity index (χ3n) is 4.26. The highest BCUT2D eigenvalue weighted by Gasteiger charge is 2.36. The molecule has 0 atom stereocenters. The van der Waals surface area contributed by atoms with Crippen LogP contribution in [0.1, 0.15) is 28.4 Å². The van der Waals surface area contributed by atoms with Gasteiger partial charge in [-0.2, -0.15) is 0 Å². The molecule has 8 heteroatoms. The fourth-order valence-corrected chi connectivity index (χ4v) is 3.48. The van der Waals surface area contributed by atoms with Crippen molar-refractivity contribution in [2.75, 3.05) is 6.54 Å². The fourth-order valence-electron chi connectivity index (χ4n) is 2.64. The summed E-state index contributed by atoms with van der Waals surface area (Å²) in [6, 6.07) is 12.7. The van der Waals surface area contributed by atoms with E-state index in [2.05, 4.69) is 0 Å². The topological polar surface area (TPSA) is 97.6 Å². The van der Waals surface area contributed by atoms with Gasteiger partial charge < -0.3 is 0 Å². The first kappa shape index (κ1) is 19.5. The van der Waals surface area contributed by atoms with Crippen molar-refractivity contribution in [3.63, 3.8) is 0 Å². The number of nitro groups is 1. The maximum Gasteiger partial charge on any atom is 0.293 e. The van der Waals surface area contributed by atoms with Crippen LogP contribution in [0.4, 0.5) is 10.5 Å². The molecular weight excluding hydrogens is 380 g/mol. The van der Waals surface area contributed by atoms with Crippen LogP contribution in [0, 0.1) is 10.1 Å². The largest absolute Gasteiger partial charge is 0.293 e. The smallest absolute Gasteiger partial charge is 0.292 e. The van der Waals surface area contributed by atoms with Crippen molar-refractivity contribution in [1.82, 2.24) is 4.90 Å². The van der Waals surface area contributed by atoms with Gasteiger partial charge in [-0.3, -0.25) is 29.4 Å². The molecule has 2 amide bonds. The van der Waals surface area contributed by atoms with Crippen LogP contribution in [0.15, 0.2) is 53.4 Å². The first-order valence-corrected chi connectivity index (χ1v) is 9.32. The minimum atomic E-state index is -0.567. The van der Waals surface area contributed by atoms with E-state index in [9.17, 15) is 24.5 Å². The summed E-state index contributed by atoms with van der Waals surface area (Å²) in [5, 5.41) is 10.2. The molecule has 2 aromatic rings. The molecule has 7 nitrogen and oxygen atoms in total. The van der Waals surface area contributed by atoms with Crippen molar-refractivity contribution in [3.8, 4) is 0 Å². The van der Waals surface area contributed by atoms with Crippen molar-refractivity contribution in [2.24, 2.45) is 0 Å². The molecule has 0 saturated carbocycles. The molecule has 0 N–H and O–H groups in total. The molecule has 1 heterocycles. The van der Waals surface area contributed by atoms with Crippen LogP contribution in [0.3, 0.4) is 0 Å². The van der Waals surface area contributed by atoms with Gasteiger partial charge in [0.2, 0.25) is 0 Å². The number of nitrogens with zero attached hydrogens (tertiary/aromatic N) is 2. The summed E-state index contributed by atoms with van der Waals surface area (Å²) in [5.41, 5.74) is 2.02. The average molecular weight is 396 g/mol. The highest BCUT2D eigenvalue weighted by Crippen LogP contribution is 2.32. The van der Waals surface area contributed by atoms with Gasteiger partial charge in [-0.1, -0.05) is 31.2 Å². The van der Waals surface area contributed by atoms with E-state index in [4.69, 9.17) is 0 Å². The molecule has 1 saturated heterocycles. The lowest BCUT2D eigenvalue weighted by Gasteiger charge is -2.11. The summed E-state index contributed by atoms with van der Waals surface area (Å²) in [5.74, 6) is -0.990. The Morgan fingerprint density at radius 3 is 2.32 bits per heavy atom. The molecule has 0 unspecified atom stereocenters. The normalized spacial score (nSPS) is 15.3. The van der Waals surface area contributed by atoms with E-state index in [1.54, 1.807) is 6.08 Å². The molecule has 0 radical (unpaired) electrons. The Hall–Kier alpha value is -3.26. The van der Waals surface area contributed by atoms with Crippen LogP contribution in [0.2, 0.25) is 0 Å². The van der Waals surface area contributed by atoms with Gasteiger partial charge in [0.15, 0.2) is 5.78 Å². The lowest BCUT2D eigenvalue weighted by Crippen LogP contribution is -2.33. The van der Waals surface area contributed by atoms with E-state index in [0.717, 1.165) is 28.6 Å².